The third-order valence-corrected chi connectivity index (χ3v) is 5.86. The molecular formula is C31H31NO2. The molecule has 3 nitrogen and oxygen atoms in total. The Bertz CT molecular complexity index is 1150. The van der Waals surface area contributed by atoms with E-state index in [1.54, 1.807) is 0 Å². The zero-order valence-corrected chi connectivity index (χ0v) is 19.8. The molecule has 0 amide bonds. The lowest BCUT2D eigenvalue weighted by molar-refractivity contribution is 0.0250. The van der Waals surface area contributed by atoms with Crippen molar-refractivity contribution < 1.29 is 9.84 Å². The van der Waals surface area contributed by atoms with Crippen LogP contribution in [0.3, 0.4) is 0 Å². The molecule has 1 N–H and O–H groups in total. The van der Waals surface area contributed by atoms with E-state index in [0.717, 1.165) is 29.9 Å². The van der Waals surface area contributed by atoms with Gasteiger partial charge in [-0.25, -0.2) is 0 Å². The van der Waals surface area contributed by atoms with Crippen LogP contribution in [0.5, 0.6) is 5.75 Å². The van der Waals surface area contributed by atoms with E-state index in [1.807, 2.05) is 24.3 Å². The van der Waals surface area contributed by atoms with Crippen molar-refractivity contribution in [3.05, 3.63) is 132 Å². The van der Waals surface area contributed by atoms with Crippen LogP contribution in [0.1, 0.15) is 22.3 Å². The number of benzene rings is 4. The molecule has 0 aliphatic rings. The molecule has 4 aromatic carbocycles. The Morgan fingerprint density at radius 3 is 1.47 bits per heavy atom. The van der Waals surface area contributed by atoms with Crippen molar-refractivity contribution in [3.63, 3.8) is 0 Å². The van der Waals surface area contributed by atoms with Crippen LogP contribution in [-0.2, 0) is 12.8 Å². The van der Waals surface area contributed by atoms with Crippen molar-refractivity contribution in [1.29, 1.82) is 0 Å². The van der Waals surface area contributed by atoms with Crippen LogP contribution in [-0.4, -0.2) is 11.4 Å². The van der Waals surface area contributed by atoms with Gasteiger partial charge >= 0.3 is 0 Å². The lowest BCUT2D eigenvalue weighted by atomic mass is 10.0. The first kappa shape index (κ1) is 23.3. The number of anilines is 3. The first-order valence-corrected chi connectivity index (χ1v) is 11.6. The molecule has 1 atom stereocenters. The van der Waals surface area contributed by atoms with E-state index in [1.165, 1.54) is 28.3 Å². The van der Waals surface area contributed by atoms with Crippen LogP contribution in [0, 0.1) is 13.8 Å². The van der Waals surface area contributed by atoms with E-state index in [9.17, 15) is 5.11 Å². The molecule has 4 aromatic rings. The summed E-state index contributed by atoms with van der Waals surface area (Å²) in [6, 6.07) is 33.9. The third kappa shape index (κ3) is 5.94. The number of hydrogen-bond acceptors (Lipinski definition) is 3. The number of ether oxygens (including phenoxy) is 1. The van der Waals surface area contributed by atoms with Crippen molar-refractivity contribution >= 4 is 17.1 Å². The highest BCUT2D eigenvalue weighted by Gasteiger charge is 2.12. The van der Waals surface area contributed by atoms with E-state index in [2.05, 4.69) is 98.1 Å². The van der Waals surface area contributed by atoms with Crippen LogP contribution in [0.2, 0.25) is 0 Å². The molecule has 0 radical (unpaired) electrons. The fourth-order valence-corrected chi connectivity index (χ4v) is 3.86. The summed E-state index contributed by atoms with van der Waals surface area (Å²) in [6.07, 6.45) is 2.26. The van der Waals surface area contributed by atoms with Gasteiger partial charge in [-0.15, -0.1) is 0 Å². The van der Waals surface area contributed by atoms with Crippen LogP contribution >= 0.6 is 0 Å². The first-order chi connectivity index (χ1) is 16.5. The summed E-state index contributed by atoms with van der Waals surface area (Å²) < 4.78 is 5.34. The van der Waals surface area contributed by atoms with Gasteiger partial charge in [-0.2, -0.15) is 0 Å². The van der Waals surface area contributed by atoms with Crippen molar-refractivity contribution in [2.45, 2.75) is 33.0 Å². The summed E-state index contributed by atoms with van der Waals surface area (Å²) in [4.78, 5) is 2.29. The van der Waals surface area contributed by atoms with Crippen molar-refractivity contribution in [2.24, 2.45) is 0 Å². The van der Waals surface area contributed by atoms with E-state index in [4.69, 9.17) is 4.74 Å². The molecule has 172 valence electrons. The SMILES string of the molecule is C=CC(O)Oc1ccc(CCc2ccc(N(c3ccc(C)cc3)c3ccc(C)cc3)cc2)cc1. The fraction of sp³-hybridized carbons (Fsp3) is 0.161. The largest absolute Gasteiger partial charge is 0.461 e. The second kappa shape index (κ2) is 10.9. The van der Waals surface area contributed by atoms with Gasteiger partial charge in [0.25, 0.3) is 0 Å². The minimum atomic E-state index is -0.983. The monoisotopic (exact) mass is 449 g/mol. The van der Waals surface area contributed by atoms with Crippen LogP contribution in [0.25, 0.3) is 0 Å². The Kier molecular flexibility index (Phi) is 7.46. The van der Waals surface area contributed by atoms with E-state index in [-0.39, 0.29) is 0 Å². The molecule has 4 rings (SSSR count). The summed E-state index contributed by atoms with van der Waals surface area (Å²) in [7, 11) is 0. The van der Waals surface area contributed by atoms with E-state index in [0.29, 0.717) is 5.75 Å². The smallest absolute Gasteiger partial charge is 0.216 e. The van der Waals surface area contributed by atoms with Crippen molar-refractivity contribution in [3.8, 4) is 5.75 Å². The summed E-state index contributed by atoms with van der Waals surface area (Å²) in [5.41, 5.74) is 8.44. The van der Waals surface area contributed by atoms with Crippen LogP contribution in [0.4, 0.5) is 17.1 Å². The van der Waals surface area contributed by atoms with Crippen molar-refractivity contribution in [2.75, 3.05) is 4.90 Å². The Morgan fingerprint density at radius 2 is 1.06 bits per heavy atom. The summed E-state index contributed by atoms with van der Waals surface area (Å²) in [6.45, 7) is 7.74. The molecule has 0 heterocycles. The third-order valence-electron chi connectivity index (χ3n) is 5.86. The lowest BCUT2D eigenvalue weighted by Gasteiger charge is -2.26. The molecule has 0 spiro atoms. The molecule has 0 fully saturated rings. The van der Waals surface area contributed by atoms with Gasteiger partial charge in [0.2, 0.25) is 6.29 Å². The van der Waals surface area contributed by atoms with Gasteiger partial charge in [0, 0.05) is 17.1 Å². The van der Waals surface area contributed by atoms with Crippen LogP contribution < -0.4 is 9.64 Å². The molecule has 0 aliphatic heterocycles. The number of aliphatic hydroxyl groups is 1. The van der Waals surface area contributed by atoms with Gasteiger partial charge in [0.05, 0.1) is 0 Å². The highest BCUT2D eigenvalue weighted by molar-refractivity contribution is 5.76. The average molecular weight is 450 g/mol. The zero-order chi connectivity index (χ0) is 23.9. The predicted octanol–water partition coefficient (Wildman–Crippen LogP) is 7.44. The highest BCUT2D eigenvalue weighted by atomic mass is 16.6. The quantitative estimate of drug-likeness (QED) is 0.213. The molecule has 0 bridgehead atoms. The normalized spacial score (nSPS) is 11.6. The van der Waals surface area contributed by atoms with Gasteiger partial charge < -0.3 is 14.7 Å². The molecule has 0 aliphatic carbocycles. The second-order valence-electron chi connectivity index (χ2n) is 8.56. The first-order valence-electron chi connectivity index (χ1n) is 11.6. The fourth-order valence-electron chi connectivity index (χ4n) is 3.86. The maximum absolute atomic E-state index is 9.52. The molecule has 0 aromatic heterocycles. The molecule has 0 saturated carbocycles. The maximum Gasteiger partial charge on any atom is 0.216 e. The van der Waals surface area contributed by atoms with Crippen LogP contribution in [0.15, 0.2) is 110 Å². The van der Waals surface area contributed by atoms with E-state index < -0.39 is 6.29 Å². The number of nitrogens with zero attached hydrogens (tertiary/aromatic N) is 1. The molecular weight excluding hydrogens is 418 g/mol. The van der Waals surface area contributed by atoms with Gasteiger partial charge in [0.1, 0.15) is 5.75 Å². The number of hydrogen-bond donors (Lipinski definition) is 1. The summed E-state index contributed by atoms with van der Waals surface area (Å²) >= 11 is 0. The molecule has 1 unspecified atom stereocenters. The lowest BCUT2D eigenvalue weighted by Crippen LogP contribution is -2.11. The molecule has 34 heavy (non-hydrogen) atoms. The topological polar surface area (TPSA) is 32.7 Å². The van der Waals surface area contributed by atoms with E-state index >= 15 is 0 Å². The minimum Gasteiger partial charge on any atom is -0.461 e. The number of aliphatic hydroxyl groups excluding tert-OH is 1. The van der Waals surface area contributed by atoms with Gasteiger partial charge in [-0.05, 0) is 92.4 Å². The highest BCUT2D eigenvalue weighted by Crippen LogP contribution is 2.34. The van der Waals surface area contributed by atoms with Gasteiger partial charge in [0.15, 0.2) is 0 Å². The van der Waals surface area contributed by atoms with Crippen molar-refractivity contribution in [1.82, 2.24) is 0 Å². The Labute approximate surface area is 202 Å². The molecule has 3 heteroatoms. The van der Waals surface area contributed by atoms with Gasteiger partial charge in [-0.1, -0.05) is 66.2 Å². The maximum atomic E-state index is 9.52. The standard InChI is InChI=1S/C31H31NO2/c1-4-31(33)34-30-21-13-26(14-22-30)10-9-25-11-19-29(20-12-25)32(27-15-5-23(2)6-16-27)28-17-7-24(3)8-18-28/h4-8,11-22,31,33H,1,9-10H2,2-3H3. The average Bonchev–Trinajstić information content (AvgIpc) is 2.87. The summed E-state index contributed by atoms with van der Waals surface area (Å²) in [5.74, 6) is 0.632. The zero-order valence-electron chi connectivity index (χ0n) is 19.8. The minimum absolute atomic E-state index is 0.632. The number of rotatable bonds is 9. The molecule has 0 saturated heterocycles. The Morgan fingerprint density at radius 1 is 0.676 bits per heavy atom. The summed E-state index contributed by atoms with van der Waals surface area (Å²) in [5, 5.41) is 9.52. The Balaban J connectivity index is 1.48. The van der Waals surface area contributed by atoms with Gasteiger partial charge in [-0.3, -0.25) is 0 Å². The second-order valence-corrected chi connectivity index (χ2v) is 8.56. The Hall–Kier alpha value is -3.82. The number of aryl methyl sites for hydroxylation is 4. The predicted molar refractivity (Wildman–Crippen MR) is 141 cm³/mol.